The number of nitrogens with zero attached hydrogens (tertiary/aromatic N) is 3. The zero-order chi connectivity index (χ0) is 12.5. The van der Waals surface area contributed by atoms with Crippen molar-refractivity contribution in [3.05, 3.63) is 35.3 Å². The van der Waals surface area contributed by atoms with E-state index in [2.05, 4.69) is 15.4 Å². The molecule has 0 saturated heterocycles. The molecule has 5 heteroatoms. The first-order valence-electron chi connectivity index (χ1n) is 6.40. The number of furan rings is 1. The van der Waals surface area contributed by atoms with Gasteiger partial charge in [0.2, 0.25) is 0 Å². The van der Waals surface area contributed by atoms with Crippen LogP contribution in [0.15, 0.2) is 16.5 Å². The Morgan fingerprint density at radius 2 is 2.33 bits per heavy atom. The first-order valence-corrected chi connectivity index (χ1v) is 6.40. The van der Waals surface area contributed by atoms with Crippen molar-refractivity contribution in [1.82, 2.24) is 20.1 Å². The number of aromatic nitrogens is 3. The second-order valence-corrected chi connectivity index (χ2v) is 4.89. The minimum absolute atomic E-state index is 0.448. The number of rotatable bonds is 3. The molecule has 1 aliphatic rings. The molecule has 0 spiro atoms. The van der Waals surface area contributed by atoms with Gasteiger partial charge in [-0.15, -0.1) is 0 Å². The summed E-state index contributed by atoms with van der Waals surface area (Å²) in [5, 5.41) is 7.92. The summed E-state index contributed by atoms with van der Waals surface area (Å²) < 4.78 is 7.57. The van der Waals surface area contributed by atoms with Crippen LogP contribution < -0.4 is 5.32 Å². The minimum atomic E-state index is 0.448. The Morgan fingerprint density at radius 1 is 1.44 bits per heavy atom. The van der Waals surface area contributed by atoms with Crippen LogP contribution in [0.2, 0.25) is 0 Å². The lowest BCUT2D eigenvalue weighted by Gasteiger charge is -2.23. The summed E-state index contributed by atoms with van der Waals surface area (Å²) in [4.78, 5) is 4.41. The van der Waals surface area contributed by atoms with Crippen LogP contribution in [0.3, 0.4) is 0 Å². The van der Waals surface area contributed by atoms with Gasteiger partial charge in [-0.25, -0.2) is 9.67 Å². The van der Waals surface area contributed by atoms with E-state index in [0.717, 1.165) is 49.1 Å². The number of aryl methyl sites for hydroxylation is 3. The van der Waals surface area contributed by atoms with Gasteiger partial charge in [0.1, 0.15) is 23.2 Å². The molecule has 2 aromatic heterocycles. The molecule has 0 bridgehead atoms. The molecular weight excluding hydrogens is 228 g/mol. The normalized spacial score (nSPS) is 18.9. The van der Waals surface area contributed by atoms with E-state index in [4.69, 9.17) is 4.42 Å². The Morgan fingerprint density at radius 3 is 3.11 bits per heavy atom. The molecule has 3 rings (SSSR count). The molecule has 1 aliphatic heterocycles. The van der Waals surface area contributed by atoms with Gasteiger partial charge in [0.15, 0.2) is 0 Å². The van der Waals surface area contributed by atoms with Crippen molar-refractivity contribution in [3.8, 4) is 0 Å². The fourth-order valence-corrected chi connectivity index (χ4v) is 2.43. The molecule has 0 aliphatic carbocycles. The number of hydrogen-bond acceptors (Lipinski definition) is 4. The smallest absolute Gasteiger partial charge is 0.147 e. The minimum Gasteiger partial charge on any atom is -0.465 e. The largest absolute Gasteiger partial charge is 0.465 e. The first kappa shape index (κ1) is 11.5. The lowest BCUT2D eigenvalue weighted by molar-refractivity contribution is 0.342. The summed E-state index contributed by atoms with van der Waals surface area (Å²) in [6, 6.07) is 4.47. The SMILES string of the molecule is Cc1nc2n(n1)C[C@@H](NCc1ccc(C)o1)CC2. The van der Waals surface area contributed by atoms with E-state index in [1.807, 2.05) is 30.7 Å². The molecule has 0 saturated carbocycles. The Bertz CT molecular complexity index is 543. The summed E-state index contributed by atoms with van der Waals surface area (Å²) in [6.07, 6.45) is 2.10. The third-order valence-electron chi connectivity index (χ3n) is 3.32. The van der Waals surface area contributed by atoms with Crippen LogP contribution in [0.5, 0.6) is 0 Å². The Kier molecular flexibility index (Phi) is 2.91. The monoisotopic (exact) mass is 246 g/mol. The van der Waals surface area contributed by atoms with Crippen LogP contribution in [-0.4, -0.2) is 20.8 Å². The van der Waals surface area contributed by atoms with Gasteiger partial charge in [-0.2, -0.15) is 5.10 Å². The zero-order valence-corrected chi connectivity index (χ0v) is 10.8. The van der Waals surface area contributed by atoms with Gasteiger partial charge < -0.3 is 9.73 Å². The summed E-state index contributed by atoms with van der Waals surface area (Å²) in [6.45, 7) is 5.59. The van der Waals surface area contributed by atoms with Gasteiger partial charge in [0.25, 0.3) is 0 Å². The van der Waals surface area contributed by atoms with Gasteiger partial charge >= 0.3 is 0 Å². The summed E-state index contributed by atoms with van der Waals surface area (Å²) >= 11 is 0. The van der Waals surface area contributed by atoms with Crippen molar-refractivity contribution in [3.63, 3.8) is 0 Å². The lowest BCUT2D eigenvalue weighted by Crippen LogP contribution is -2.37. The molecule has 5 nitrogen and oxygen atoms in total. The van der Waals surface area contributed by atoms with Gasteiger partial charge in [0, 0.05) is 12.5 Å². The summed E-state index contributed by atoms with van der Waals surface area (Å²) in [7, 11) is 0. The van der Waals surface area contributed by atoms with E-state index in [9.17, 15) is 0 Å². The highest BCUT2D eigenvalue weighted by Gasteiger charge is 2.20. The average molecular weight is 246 g/mol. The molecule has 1 atom stereocenters. The maximum atomic E-state index is 5.55. The Labute approximate surface area is 106 Å². The van der Waals surface area contributed by atoms with Crippen LogP contribution in [0.1, 0.15) is 29.6 Å². The molecule has 3 heterocycles. The number of fused-ring (bicyclic) bond motifs is 1. The highest BCUT2D eigenvalue weighted by Crippen LogP contribution is 2.14. The first-order chi connectivity index (χ1) is 8.70. The predicted molar refractivity (Wildman–Crippen MR) is 67.2 cm³/mol. The van der Waals surface area contributed by atoms with E-state index in [0.29, 0.717) is 6.04 Å². The fraction of sp³-hybridized carbons (Fsp3) is 0.538. The topological polar surface area (TPSA) is 55.9 Å². The molecule has 0 radical (unpaired) electrons. The standard InChI is InChI=1S/C13H18N4O/c1-9-3-5-12(18-9)7-14-11-4-6-13-15-10(2)16-17(13)8-11/h3,5,11,14H,4,6-8H2,1-2H3/t11-/m0/s1. The molecule has 2 aromatic rings. The second-order valence-electron chi connectivity index (χ2n) is 4.89. The molecule has 0 unspecified atom stereocenters. The number of hydrogen-bond donors (Lipinski definition) is 1. The predicted octanol–water partition coefficient (Wildman–Crippen LogP) is 1.59. The van der Waals surface area contributed by atoms with Crippen molar-refractivity contribution in [2.75, 3.05) is 0 Å². The highest BCUT2D eigenvalue weighted by molar-refractivity contribution is 5.05. The molecule has 0 aromatic carbocycles. The zero-order valence-electron chi connectivity index (χ0n) is 10.8. The molecular formula is C13H18N4O. The lowest BCUT2D eigenvalue weighted by atomic mass is 10.1. The van der Waals surface area contributed by atoms with Gasteiger partial charge in [0.05, 0.1) is 13.1 Å². The summed E-state index contributed by atoms with van der Waals surface area (Å²) in [5.41, 5.74) is 0. The highest BCUT2D eigenvalue weighted by atomic mass is 16.3. The van der Waals surface area contributed by atoms with Crippen molar-refractivity contribution in [1.29, 1.82) is 0 Å². The third-order valence-corrected chi connectivity index (χ3v) is 3.32. The molecule has 0 amide bonds. The van der Waals surface area contributed by atoms with Gasteiger partial charge in [-0.1, -0.05) is 0 Å². The molecule has 0 fully saturated rings. The third kappa shape index (κ3) is 2.31. The van der Waals surface area contributed by atoms with Crippen molar-refractivity contribution < 1.29 is 4.42 Å². The van der Waals surface area contributed by atoms with Gasteiger partial charge in [-0.3, -0.25) is 0 Å². The van der Waals surface area contributed by atoms with Crippen LogP contribution in [0.25, 0.3) is 0 Å². The quantitative estimate of drug-likeness (QED) is 0.893. The average Bonchev–Trinajstić information content (AvgIpc) is 2.90. The maximum Gasteiger partial charge on any atom is 0.147 e. The number of nitrogens with one attached hydrogen (secondary N) is 1. The molecule has 1 N–H and O–H groups in total. The van der Waals surface area contributed by atoms with Crippen LogP contribution in [0.4, 0.5) is 0 Å². The van der Waals surface area contributed by atoms with E-state index in [-0.39, 0.29) is 0 Å². The van der Waals surface area contributed by atoms with E-state index >= 15 is 0 Å². The van der Waals surface area contributed by atoms with Crippen LogP contribution in [0, 0.1) is 13.8 Å². The summed E-state index contributed by atoms with van der Waals surface area (Å²) in [5.74, 6) is 3.93. The van der Waals surface area contributed by atoms with E-state index < -0.39 is 0 Å². The Balaban J connectivity index is 1.59. The van der Waals surface area contributed by atoms with E-state index in [1.165, 1.54) is 0 Å². The van der Waals surface area contributed by atoms with Crippen molar-refractivity contribution in [2.24, 2.45) is 0 Å². The Hall–Kier alpha value is -1.62. The van der Waals surface area contributed by atoms with Gasteiger partial charge in [-0.05, 0) is 32.4 Å². The second kappa shape index (κ2) is 4.57. The van der Waals surface area contributed by atoms with Crippen LogP contribution in [-0.2, 0) is 19.5 Å². The maximum absolute atomic E-state index is 5.55. The van der Waals surface area contributed by atoms with Crippen molar-refractivity contribution in [2.45, 2.75) is 45.8 Å². The van der Waals surface area contributed by atoms with Crippen molar-refractivity contribution >= 4 is 0 Å². The molecule has 96 valence electrons. The van der Waals surface area contributed by atoms with E-state index in [1.54, 1.807) is 0 Å². The fourth-order valence-electron chi connectivity index (χ4n) is 2.43. The molecule has 18 heavy (non-hydrogen) atoms. The van der Waals surface area contributed by atoms with Crippen LogP contribution >= 0.6 is 0 Å².